The number of benzene rings is 2. The normalized spacial score (nSPS) is 10.3. The molecule has 0 atom stereocenters. The SMILES string of the molecule is CCOc1cccc(NCc2c(F)cccc2Cl)c1. The molecule has 2 rings (SSSR count). The highest BCUT2D eigenvalue weighted by Gasteiger charge is 2.06. The van der Waals surface area contributed by atoms with Crippen LogP contribution in [0.25, 0.3) is 0 Å². The number of halogens is 2. The Hall–Kier alpha value is -1.74. The Bertz CT molecular complexity index is 539. The summed E-state index contributed by atoms with van der Waals surface area (Å²) in [7, 11) is 0. The zero-order valence-corrected chi connectivity index (χ0v) is 11.4. The molecule has 19 heavy (non-hydrogen) atoms. The Labute approximate surface area is 117 Å². The summed E-state index contributed by atoms with van der Waals surface area (Å²) in [5.74, 6) is 0.480. The summed E-state index contributed by atoms with van der Waals surface area (Å²) in [5.41, 5.74) is 1.33. The number of ether oxygens (including phenoxy) is 1. The van der Waals surface area contributed by atoms with Gasteiger partial charge in [0.15, 0.2) is 0 Å². The Kier molecular flexibility index (Phi) is 4.63. The van der Waals surface area contributed by atoms with Gasteiger partial charge in [0.25, 0.3) is 0 Å². The third kappa shape index (κ3) is 3.61. The quantitative estimate of drug-likeness (QED) is 0.871. The number of hydrogen-bond acceptors (Lipinski definition) is 2. The van der Waals surface area contributed by atoms with Crippen LogP contribution in [0.15, 0.2) is 42.5 Å². The summed E-state index contributed by atoms with van der Waals surface area (Å²) < 4.78 is 19.0. The largest absolute Gasteiger partial charge is 0.494 e. The second kappa shape index (κ2) is 6.43. The molecule has 0 unspecified atom stereocenters. The Balaban J connectivity index is 2.08. The van der Waals surface area contributed by atoms with Crippen molar-refractivity contribution >= 4 is 17.3 Å². The Morgan fingerprint density at radius 2 is 2.00 bits per heavy atom. The number of anilines is 1. The van der Waals surface area contributed by atoms with E-state index in [0.717, 1.165) is 11.4 Å². The lowest BCUT2D eigenvalue weighted by molar-refractivity contribution is 0.340. The van der Waals surface area contributed by atoms with Crippen LogP contribution in [-0.4, -0.2) is 6.61 Å². The van der Waals surface area contributed by atoms with Gasteiger partial charge >= 0.3 is 0 Å². The van der Waals surface area contributed by atoms with Crippen LogP contribution in [0.4, 0.5) is 10.1 Å². The highest BCUT2D eigenvalue weighted by atomic mass is 35.5. The average molecular weight is 280 g/mol. The minimum atomic E-state index is -0.305. The van der Waals surface area contributed by atoms with Gasteiger partial charge in [-0.15, -0.1) is 0 Å². The van der Waals surface area contributed by atoms with Crippen molar-refractivity contribution < 1.29 is 9.13 Å². The van der Waals surface area contributed by atoms with Gasteiger partial charge < -0.3 is 10.1 Å². The van der Waals surface area contributed by atoms with Gasteiger partial charge in [0.2, 0.25) is 0 Å². The summed E-state index contributed by atoms with van der Waals surface area (Å²) in [5, 5.41) is 3.56. The highest BCUT2D eigenvalue weighted by Crippen LogP contribution is 2.22. The van der Waals surface area contributed by atoms with Crippen LogP contribution in [0.3, 0.4) is 0 Å². The lowest BCUT2D eigenvalue weighted by Crippen LogP contribution is -2.03. The van der Waals surface area contributed by atoms with Crippen molar-refractivity contribution in [2.75, 3.05) is 11.9 Å². The van der Waals surface area contributed by atoms with Crippen molar-refractivity contribution in [1.82, 2.24) is 0 Å². The van der Waals surface area contributed by atoms with E-state index in [1.165, 1.54) is 6.07 Å². The molecule has 0 heterocycles. The molecule has 4 heteroatoms. The second-order valence-corrected chi connectivity index (χ2v) is 4.42. The van der Waals surface area contributed by atoms with Crippen LogP contribution in [0, 0.1) is 5.82 Å². The van der Waals surface area contributed by atoms with E-state index in [9.17, 15) is 4.39 Å². The first-order valence-corrected chi connectivity index (χ1v) is 6.48. The summed E-state index contributed by atoms with van der Waals surface area (Å²) in [6.45, 7) is 2.88. The molecule has 0 fully saturated rings. The van der Waals surface area contributed by atoms with Crippen molar-refractivity contribution in [3.8, 4) is 5.75 Å². The fourth-order valence-corrected chi connectivity index (χ4v) is 1.98. The van der Waals surface area contributed by atoms with E-state index < -0.39 is 0 Å². The maximum Gasteiger partial charge on any atom is 0.129 e. The van der Waals surface area contributed by atoms with Gasteiger partial charge in [-0.25, -0.2) is 4.39 Å². The average Bonchev–Trinajstić information content (AvgIpc) is 2.39. The molecule has 2 aromatic carbocycles. The van der Waals surface area contributed by atoms with E-state index >= 15 is 0 Å². The molecule has 1 N–H and O–H groups in total. The third-order valence-electron chi connectivity index (χ3n) is 2.68. The third-order valence-corrected chi connectivity index (χ3v) is 3.03. The lowest BCUT2D eigenvalue weighted by Gasteiger charge is -2.10. The molecular formula is C15H15ClFNO. The van der Waals surface area contributed by atoms with E-state index in [0.29, 0.717) is 23.7 Å². The van der Waals surface area contributed by atoms with Gasteiger partial charge in [0, 0.05) is 28.9 Å². The second-order valence-electron chi connectivity index (χ2n) is 4.01. The van der Waals surface area contributed by atoms with Crippen LogP contribution in [-0.2, 0) is 6.54 Å². The molecule has 2 aromatic rings. The van der Waals surface area contributed by atoms with E-state index in [1.807, 2.05) is 31.2 Å². The molecule has 2 nitrogen and oxygen atoms in total. The van der Waals surface area contributed by atoms with Crippen molar-refractivity contribution in [2.45, 2.75) is 13.5 Å². The molecule has 0 amide bonds. The topological polar surface area (TPSA) is 21.3 Å². The van der Waals surface area contributed by atoms with E-state index in [-0.39, 0.29) is 5.82 Å². The van der Waals surface area contributed by atoms with Crippen LogP contribution in [0.1, 0.15) is 12.5 Å². The van der Waals surface area contributed by atoms with E-state index in [2.05, 4.69) is 5.32 Å². The molecule has 0 bridgehead atoms. The first-order valence-electron chi connectivity index (χ1n) is 6.10. The van der Waals surface area contributed by atoms with Gasteiger partial charge in [0.05, 0.1) is 6.61 Å². The highest BCUT2D eigenvalue weighted by molar-refractivity contribution is 6.31. The predicted octanol–water partition coefficient (Wildman–Crippen LogP) is 4.49. The smallest absolute Gasteiger partial charge is 0.129 e. The molecule has 100 valence electrons. The first-order chi connectivity index (χ1) is 9.20. The van der Waals surface area contributed by atoms with Crippen LogP contribution < -0.4 is 10.1 Å². The molecule has 0 saturated heterocycles. The van der Waals surface area contributed by atoms with Crippen LogP contribution in [0.5, 0.6) is 5.75 Å². The standard InChI is InChI=1S/C15H15ClFNO/c1-2-19-12-6-3-5-11(9-12)18-10-13-14(16)7-4-8-15(13)17/h3-9,18H,2,10H2,1H3. The Morgan fingerprint density at radius 3 is 2.74 bits per heavy atom. The molecule has 0 aliphatic rings. The van der Waals surface area contributed by atoms with Crippen LogP contribution >= 0.6 is 11.6 Å². The molecule has 0 aliphatic heterocycles. The maximum atomic E-state index is 13.6. The summed E-state index contributed by atoms with van der Waals surface area (Å²) in [4.78, 5) is 0. The fourth-order valence-electron chi connectivity index (χ4n) is 1.75. The molecule has 0 aliphatic carbocycles. The first kappa shape index (κ1) is 13.7. The number of hydrogen-bond donors (Lipinski definition) is 1. The number of nitrogens with one attached hydrogen (secondary N) is 1. The van der Waals surface area contributed by atoms with Gasteiger partial charge in [-0.05, 0) is 31.2 Å². The van der Waals surface area contributed by atoms with E-state index in [4.69, 9.17) is 16.3 Å². The van der Waals surface area contributed by atoms with Crippen molar-refractivity contribution in [2.24, 2.45) is 0 Å². The minimum Gasteiger partial charge on any atom is -0.494 e. The van der Waals surface area contributed by atoms with Gasteiger partial charge in [0.1, 0.15) is 11.6 Å². The summed E-state index contributed by atoms with van der Waals surface area (Å²) in [6, 6.07) is 12.2. The van der Waals surface area contributed by atoms with Gasteiger partial charge in [-0.2, -0.15) is 0 Å². The lowest BCUT2D eigenvalue weighted by atomic mass is 10.2. The van der Waals surface area contributed by atoms with Crippen molar-refractivity contribution in [3.05, 3.63) is 58.9 Å². The summed E-state index contributed by atoms with van der Waals surface area (Å²) >= 11 is 5.97. The Morgan fingerprint density at radius 1 is 1.21 bits per heavy atom. The van der Waals surface area contributed by atoms with Crippen LogP contribution in [0.2, 0.25) is 5.02 Å². The van der Waals surface area contributed by atoms with E-state index in [1.54, 1.807) is 12.1 Å². The zero-order valence-electron chi connectivity index (χ0n) is 10.6. The van der Waals surface area contributed by atoms with Crippen molar-refractivity contribution in [3.63, 3.8) is 0 Å². The fraction of sp³-hybridized carbons (Fsp3) is 0.200. The van der Waals surface area contributed by atoms with Crippen molar-refractivity contribution in [1.29, 1.82) is 0 Å². The molecule has 0 saturated carbocycles. The molecular weight excluding hydrogens is 265 g/mol. The monoisotopic (exact) mass is 279 g/mol. The van der Waals surface area contributed by atoms with Gasteiger partial charge in [-0.1, -0.05) is 23.7 Å². The molecule has 0 spiro atoms. The zero-order chi connectivity index (χ0) is 13.7. The maximum absolute atomic E-state index is 13.6. The number of rotatable bonds is 5. The molecule has 0 aromatic heterocycles. The predicted molar refractivity (Wildman–Crippen MR) is 76.3 cm³/mol. The molecule has 0 radical (unpaired) electrons. The minimum absolute atomic E-state index is 0.305. The summed E-state index contributed by atoms with van der Waals surface area (Å²) in [6.07, 6.45) is 0. The van der Waals surface area contributed by atoms with Gasteiger partial charge in [-0.3, -0.25) is 0 Å².